The van der Waals surface area contributed by atoms with Crippen molar-refractivity contribution in [3.63, 3.8) is 0 Å². The molecule has 90 valence electrons. The van der Waals surface area contributed by atoms with Crippen LogP contribution >= 0.6 is 0 Å². The molecule has 3 nitrogen and oxygen atoms in total. The number of hydrogen-bond acceptors (Lipinski definition) is 2. The fourth-order valence-corrected chi connectivity index (χ4v) is 1.01. The summed E-state index contributed by atoms with van der Waals surface area (Å²) < 4.78 is 39.2. The van der Waals surface area contributed by atoms with Crippen LogP contribution in [0.2, 0.25) is 0 Å². The highest BCUT2D eigenvalue weighted by molar-refractivity contribution is 5.46. The first-order valence-corrected chi connectivity index (χ1v) is 4.03. The molecule has 0 bridgehead atoms. The highest BCUT2D eigenvalue weighted by atomic mass is 19.4. The second kappa shape index (κ2) is 5.99. The number of carbonyl (C=O) groups excluding carboxylic acids is 1. The molecule has 16 heavy (non-hydrogen) atoms. The standard InChI is InChI=1S/C9H8F3NO2.CH4/c10-9(11,12)15-8-3-1-2-7(4-8)5-13-6-14;/h1-4,6H,5H2,(H,13,14);1H4. The van der Waals surface area contributed by atoms with Gasteiger partial charge >= 0.3 is 6.36 Å². The lowest BCUT2D eigenvalue weighted by Crippen LogP contribution is -2.17. The lowest BCUT2D eigenvalue weighted by Gasteiger charge is -2.09. The monoisotopic (exact) mass is 235 g/mol. The summed E-state index contributed by atoms with van der Waals surface area (Å²) in [4.78, 5) is 9.97. The zero-order valence-electron chi connectivity index (χ0n) is 7.54. The third-order valence-corrected chi connectivity index (χ3v) is 1.52. The molecule has 1 N–H and O–H groups in total. The van der Waals surface area contributed by atoms with Crippen LogP contribution in [0, 0.1) is 0 Å². The van der Waals surface area contributed by atoms with Crippen molar-refractivity contribution < 1.29 is 22.7 Å². The van der Waals surface area contributed by atoms with E-state index in [0.29, 0.717) is 12.0 Å². The lowest BCUT2D eigenvalue weighted by atomic mass is 10.2. The van der Waals surface area contributed by atoms with Gasteiger partial charge in [-0.3, -0.25) is 4.79 Å². The van der Waals surface area contributed by atoms with Crippen molar-refractivity contribution >= 4 is 6.41 Å². The second-order valence-electron chi connectivity index (χ2n) is 2.69. The predicted molar refractivity (Wildman–Crippen MR) is 52.8 cm³/mol. The van der Waals surface area contributed by atoms with Crippen molar-refractivity contribution in [2.75, 3.05) is 0 Å². The maximum absolute atomic E-state index is 11.8. The summed E-state index contributed by atoms with van der Waals surface area (Å²) in [5.41, 5.74) is 0.531. The van der Waals surface area contributed by atoms with Crippen molar-refractivity contribution in [1.82, 2.24) is 5.32 Å². The highest BCUT2D eigenvalue weighted by Crippen LogP contribution is 2.23. The van der Waals surface area contributed by atoms with Crippen molar-refractivity contribution in [3.05, 3.63) is 29.8 Å². The van der Waals surface area contributed by atoms with Gasteiger partial charge in [-0.1, -0.05) is 19.6 Å². The maximum atomic E-state index is 11.8. The summed E-state index contributed by atoms with van der Waals surface area (Å²) in [5.74, 6) is -0.298. The van der Waals surface area contributed by atoms with Gasteiger partial charge in [0.15, 0.2) is 0 Å². The van der Waals surface area contributed by atoms with Crippen LogP contribution in [0.5, 0.6) is 5.75 Å². The molecule has 1 aromatic rings. The van der Waals surface area contributed by atoms with E-state index in [-0.39, 0.29) is 19.7 Å². The zero-order chi connectivity index (χ0) is 11.3. The van der Waals surface area contributed by atoms with E-state index in [2.05, 4.69) is 10.1 Å². The summed E-state index contributed by atoms with van der Waals surface area (Å²) in [6, 6.07) is 5.41. The van der Waals surface area contributed by atoms with Crippen LogP contribution in [0.3, 0.4) is 0 Å². The number of amides is 1. The van der Waals surface area contributed by atoms with Crippen LogP contribution in [0.1, 0.15) is 13.0 Å². The Kier molecular flexibility index (Phi) is 5.35. The van der Waals surface area contributed by atoms with E-state index in [9.17, 15) is 18.0 Å². The van der Waals surface area contributed by atoms with Crippen LogP contribution in [0.25, 0.3) is 0 Å². The Morgan fingerprint density at radius 3 is 2.62 bits per heavy atom. The molecule has 6 heteroatoms. The summed E-state index contributed by atoms with van der Waals surface area (Å²) in [6.45, 7) is 0.165. The molecule has 0 radical (unpaired) electrons. The number of ether oxygens (including phenoxy) is 1. The van der Waals surface area contributed by atoms with E-state index >= 15 is 0 Å². The van der Waals surface area contributed by atoms with Gasteiger partial charge in [-0.15, -0.1) is 13.2 Å². The number of nitrogens with one attached hydrogen (secondary N) is 1. The van der Waals surface area contributed by atoms with E-state index in [1.807, 2.05) is 0 Å². The molecule has 0 saturated carbocycles. The first-order valence-electron chi connectivity index (χ1n) is 4.03. The third kappa shape index (κ3) is 5.23. The number of carbonyl (C=O) groups is 1. The number of alkyl halides is 3. The summed E-state index contributed by atoms with van der Waals surface area (Å²) >= 11 is 0. The number of benzene rings is 1. The van der Waals surface area contributed by atoms with Crippen molar-refractivity contribution in [1.29, 1.82) is 0 Å². The lowest BCUT2D eigenvalue weighted by molar-refractivity contribution is -0.274. The fourth-order valence-electron chi connectivity index (χ4n) is 1.01. The Balaban J connectivity index is 0.00000225. The van der Waals surface area contributed by atoms with E-state index in [0.717, 1.165) is 0 Å². The normalized spacial score (nSPS) is 10.2. The van der Waals surface area contributed by atoms with Crippen molar-refractivity contribution in [2.45, 2.75) is 20.3 Å². The van der Waals surface area contributed by atoms with E-state index < -0.39 is 6.36 Å². The molecule has 0 spiro atoms. The molecule has 1 aromatic carbocycles. The van der Waals surface area contributed by atoms with E-state index in [4.69, 9.17) is 0 Å². The quantitative estimate of drug-likeness (QED) is 0.814. The van der Waals surface area contributed by atoms with Gasteiger partial charge in [0, 0.05) is 6.54 Å². The SMILES string of the molecule is C.O=CNCc1cccc(OC(F)(F)F)c1. The number of halogens is 3. The molecule has 0 unspecified atom stereocenters. The Hall–Kier alpha value is -1.72. The predicted octanol–water partition coefficient (Wildman–Crippen LogP) is 2.47. The minimum atomic E-state index is -4.70. The van der Waals surface area contributed by atoms with Crippen LogP contribution in [0.4, 0.5) is 13.2 Å². The first-order chi connectivity index (χ1) is 7.01. The third-order valence-electron chi connectivity index (χ3n) is 1.52. The van der Waals surface area contributed by atoms with Gasteiger partial charge in [-0.2, -0.15) is 0 Å². The maximum Gasteiger partial charge on any atom is 0.573 e. The number of rotatable bonds is 4. The molecular weight excluding hydrogens is 223 g/mol. The minimum Gasteiger partial charge on any atom is -0.406 e. The smallest absolute Gasteiger partial charge is 0.406 e. The second-order valence-corrected chi connectivity index (χ2v) is 2.69. The Morgan fingerprint density at radius 2 is 2.06 bits per heavy atom. The average Bonchev–Trinajstić information content (AvgIpc) is 2.12. The van der Waals surface area contributed by atoms with Gasteiger partial charge in [0.1, 0.15) is 5.75 Å². The molecule has 0 aliphatic rings. The summed E-state index contributed by atoms with van der Waals surface area (Å²) in [7, 11) is 0. The fraction of sp³-hybridized carbons (Fsp3) is 0.300. The topological polar surface area (TPSA) is 38.3 Å². The van der Waals surface area contributed by atoms with E-state index in [1.54, 1.807) is 6.07 Å². The summed E-state index contributed by atoms with van der Waals surface area (Å²) in [6.07, 6.45) is -4.23. The van der Waals surface area contributed by atoms with Gasteiger partial charge in [-0.25, -0.2) is 0 Å². The Bertz CT molecular complexity index is 339. The van der Waals surface area contributed by atoms with Gasteiger partial charge in [0.25, 0.3) is 0 Å². The minimum absolute atomic E-state index is 0. The van der Waals surface area contributed by atoms with Crippen LogP contribution in [-0.2, 0) is 11.3 Å². The van der Waals surface area contributed by atoms with Gasteiger partial charge in [0.2, 0.25) is 6.41 Å². The van der Waals surface area contributed by atoms with E-state index in [1.165, 1.54) is 18.2 Å². The molecule has 0 atom stereocenters. The first kappa shape index (κ1) is 14.3. The molecule has 0 aliphatic heterocycles. The molecule has 1 rings (SSSR count). The van der Waals surface area contributed by atoms with Crippen LogP contribution < -0.4 is 10.1 Å². The zero-order valence-corrected chi connectivity index (χ0v) is 7.54. The van der Waals surface area contributed by atoms with Crippen molar-refractivity contribution in [3.8, 4) is 5.75 Å². The molecule has 1 amide bonds. The number of hydrogen-bond donors (Lipinski definition) is 1. The average molecular weight is 235 g/mol. The Morgan fingerprint density at radius 1 is 1.38 bits per heavy atom. The Labute approximate surface area is 91.2 Å². The highest BCUT2D eigenvalue weighted by Gasteiger charge is 2.30. The molecule has 0 heterocycles. The summed E-state index contributed by atoms with van der Waals surface area (Å²) in [5, 5.41) is 2.34. The van der Waals surface area contributed by atoms with Crippen LogP contribution in [0.15, 0.2) is 24.3 Å². The molecule has 0 saturated heterocycles. The van der Waals surface area contributed by atoms with Gasteiger partial charge in [-0.05, 0) is 17.7 Å². The van der Waals surface area contributed by atoms with Gasteiger partial charge in [0.05, 0.1) is 0 Å². The molecule has 0 fully saturated rings. The van der Waals surface area contributed by atoms with Crippen LogP contribution in [-0.4, -0.2) is 12.8 Å². The van der Waals surface area contributed by atoms with Gasteiger partial charge < -0.3 is 10.1 Å². The molecular formula is C10H12F3NO2. The largest absolute Gasteiger partial charge is 0.573 e. The van der Waals surface area contributed by atoms with Crippen molar-refractivity contribution in [2.24, 2.45) is 0 Å². The molecule has 0 aromatic heterocycles. The molecule has 0 aliphatic carbocycles.